The minimum absolute atomic E-state index is 0.00773. The fraction of sp³-hybridized carbons (Fsp3) is 0.211. The lowest BCUT2D eigenvalue weighted by atomic mass is 10.0. The van der Waals surface area contributed by atoms with E-state index < -0.39 is 25.8 Å². The van der Waals surface area contributed by atoms with Crippen molar-refractivity contribution < 1.29 is 28.0 Å². The Morgan fingerprint density at radius 1 is 1.23 bits per heavy atom. The maximum Gasteiger partial charge on any atom is 0.471 e. The molecule has 0 unspecified atom stereocenters. The summed E-state index contributed by atoms with van der Waals surface area (Å²) in [5.74, 6) is -0.646. The number of hydrogen-bond acceptors (Lipinski definition) is 5. The van der Waals surface area contributed by atoms with Gasteiger partial charge in [0.05, 0.1) is 22.5 Å². The maximum atomic E-state index is 14.7. The molecule has 1 aromatic heterocycles. The van der Waals surface area contributed by atoms with Gasteiger partial charge in [-0.2, -0.15) is 0 Å². The zero-order valence-electron chi connectivity index (χ0n) is 15.8. The van der Waals surface area contributed by atoms with E-state index in [4.69, 9.17) is 31.9 Å². The first-order chi connectivity index (χ1) is 14.1. The smallest absolute Gasteiger partial charge is 0.471 e. The van der Waals surface area contributed by atoms with Gasteiger partial charge in [0, 0.05) is 23.0 Å². The van der Waals surface area contributed by atoms with Crippen LogP contribution in [0.4, 0.5) is 10.1 Å². The fourth-order valence-corrected chi connectivity index (χ4v) is 3.54. The Morgan fingerprint density at radius 3 is 2.60 bits per heavy atom. The topological polar surface area (TPSA) is 124 Å². The minimum Gasteiger partial charge on any atom is -0.491 e. The highest BCUT2D eigenvalue weighted by Gasteiger charge is 2.21. The lowest BCUT2D eigenvalue weighted by molar-refractivity contribution is 0.155. The quantitative estimate of drug-likeness (QED) is 0.364. The SMILES string of the molecule is CCCOc1ccc(F)c2c(=O)c(-c3ccc(N)cc3Cl)cn(COP(=O)(O)O)c12. The molecule has 8 nitrogen and oxygen atoms in total. The van der Waals surface area contributed by atoms with Crippen LogP contribution in [0, 0.1) is 5.82 Å². The van der Waals surface area contributed by atoms with Gasteiger partial charge in [-0.15, -0.1) is 0 Å². The van der Waals surface area contributed by atoms with Gasteiger partial charge in [0.1, 0.15) is 18.3 Å². The summed E-state index contributed by atoms with van der Waals surface area (Å²) in [6, 6.07) is 6.91. The summed E-state index contributed by atoms with van der Waals surface area (Å²) in [5, 5.41) is -0.156. The second-order valence-corrected chi connectivity index (χ2v) is 8.09. The van der Waals surface area contributed by atoms with E-state index >= 15 is 0 Å². The molecule has 0 radical (unpaired) electrons. The number of phosphoric acid groups is 1. The Kier molecular flexibility index (Phi) is 6.50. The number of benzene rings is 2. The number of ether oxygens (including phenoxy) is 1. The monoisotopic (exact) mass is 456 g/mol. The molecular weight excluding hydrogens is 438 g/mol. The third-order valence-electron chi connectivity index (χ3n) is 4.24. The van der Waals surface area contributed by atoms with Crippen LogP contribution in [0.25, 0.3) is 22.0 Å². The lowest BCUT2D eigenvalue weighted by Gasteiger charge is -2.18. The van der Waals surface area contributed by atoms with Gasteiger partial charge in [0.25, 0.3) is 0 Å². The van der Waals surface area contributed by atoms with Crippen molar-refractivity contribution >= 4 is 36.0 Å². The number of fused-ring (bicyclic) bond motifs is 1. The van der Waals surface area contributed by atoms with Crippen molar-refractivity contribution in [2.75, 3.05) is 12.3 Å². The zero-order valence-corrected chi connectivity index (χ0v) is 17.5. The summed E-state index contributed by atoms with van der Waals surface area (Å²) in [6.07, 6.45) is 1.94. The average molecular weight is 457 g/mol. The number of phosphoric ester groups is 1. The van der Waals surface area contributed by atoms with E-state index in [1.54, 1.807) is 0 Å². The second kappa shape index (κ2) is 8.75. The predicted octanol–water partition coefficient (Wildman–Crippen LogP) is 3.90. The number of nitrogen functional groups attached to an aromatic ring is 1. The molecule has 160 valence electrons. The van der Waals surface area contributed by atoms with Crippen LogP contribution >= 0.6 is 19.4 Å². The summed E-state index contributed by atoms with van der Waals surface area (Å²) >= 11 is 6.23. The summed E-state index contributed by atoms with van der Waals surface area (Å²) in [4.78, 5) is 31.4. The highest BCUT2D eigenvalue weighted by Crippen LogP contribution is 2.38. The Morgan fingerprint density at radius 2 is 1.97 bits per heavy atom. The van der Waals surface area contributed by atoms with E-state index in [9.17, 15) is 13.8 Å². The molecule has 2 aromatic carbocycles. The van der Waals surface area contributed by atoms with E-state index in [1.807, 2.05) is 6.92 Å². The highest BCUT2D eigenvalue weighted by molar-refractivity contribution is 7.46. The molecule has 0 aliphatic rings. The van der Waals surface area contributed by atoms with Crippen LogP contribution in [0.15, 0.2) is 41.3 Å². The molecule has 1 heterocycles. The molecule has 0 bridgehead atoms. The molecule has 11 heteroatoms. The molecule has 0 spiro atoms. The van der Waals surface area contributed by atoms with Gasteiger partial charge in [-0.25, -0.2) is 8.96 Å². The van der Waals surface area contributed by atoms with Gasteiger partial charge in [0.2, 0.25) is 0 Å². The summed E-state index contributed by atoms with van der Waals surface area (Å²) in [6.45, 7) is 1.50. The van der Waals surface area contributed by atoms with E-state index in [-0.39, 0.29) is 32.8 Å². The Labute approximate surface area is 175 Å². The number of hydrogen-bond donors (Lipinski definition) is 3. The Hall–Kier alpha value is -2.42. The van der Waals surface area contributed by atoms with Crippen molar-refractivity contribution in [1.29, 1.82) is 0 Å². The third-order valence-corrected chi connectivity index (χ3v) is 5.01. The largest absolute Gasteiger partial charge is 0.491 e. The average Bonchev–Trinajstić information content (AvgIpc) is 2.66. The van der Waals surface area contributed by atoms with Crippen LogP contribution in [0.2, 0.25) is 5.02 Å². The molecule has 3 rings (SSSR count). The van der Waals surface area contributed by atoms with Gasteiger partial charge in [-0.05, 0) is 30.7 Å². The van der Waals surface area contributed by atoms with E-state index in [0.717, 1.165) is 6.07 Å². The molecule has 0 aliphatic heterocycles. The molecular formula is C19H19ClFN2O6P. The summed E-state index contributed by atoms with van der Waals surface area (Å²) in [5.41, 5.74) is 5.71. The summed E-state index contributed by atoms with van der Waals surface area (Å²) < 4.78 is 37.4. The predicted molar refractivity (Wildman–Crippen MR) is 112 cm³/mol. The zero-order chi connectivity index (χ0) is 22.1. The Bertz CT molecular complexity index is 1210. The first kappa shape index (κ1) is 22.3. The van der Waals surface area contributed by atoms with Crippen LogP contribution < -0.4 is 15.9 Å². The van der Waals surface area contributed by atoms with Crippen molar-refractivity contribution in [2.45, 2.75) is 20.1 Å². The first-order valence-electron chi connectivity index (χ1n) is 8.86. The van der Waals surface area contributed by atoms with Crippen molar-refractivity contribution in [2.24, 2.45) is 0 Å². The van der Waals surface area contributed by atoms with Crippen LogP contribution in [0.3, 0.4) is 0 Å². The van der Waals surface area contributed by atoms with Crippen molar-refractivity contribution in [3.05, 3.63) is 57.6 Å². The molecule has 0 saturated carbocycles. The van der Waals surface area contributed by atoms with Gasteiger partial charge >= 0.3 is 7.82 Å². The lowest BCUT2D eigenvalue weighted by Crippen LogP contribution is -2.16. The number of rotatable bonds is 7. The molecule has 0 fully saturated rings. The fourth-order valence-electron chi connectivity index (χ4n) is 2.97. The summed E-state index contributed by atoms with van der Waals surface area (Å²) in [7, 11) is -4.85. The highest BCUT2D eigenvalue weighted by atomic mass is 35.5. The van der Waals surface area contributed by atoms with Crippen LogP contribution in [-0.4, -0.2) is 21.0 Å². The normalized spacial score (nSPS) is 11.8. The van der Waals surface area contributed by atoms with Crippen molar-refractivity contribution in [1.82, 2.24) is 4.57 Å². The van der Waals surface area contributed by atoms with Gasteiger partial charge in [0.15, 0.2) is 5.43 Å². The second-order valence-electron chi connectivity index (χ2n) is 6.45. The molecule has 4 N–H and O–H groups in total. The number of nitrogens with two attached hydrogens (primary N) is 1. The number of halogens is 2. The Balaban J connectivity index is 2.34. The first-order valence-corrected chi connectivity index (χ1v) is 10.8. The van der Waals surface area contributed by atoms with Crippen molar-refractivity contribution in [3.63, 3.8) is 0 Å². The molecule has 0 atom stereocenters. The molecule has 3 aromatic rings. The van der Waals surface area contributed by atoms with E-state index in [2.05, 4.69) is 4.52 Å². The standard InChI is InChI=1S/C19H19ClFN2O6P/c1-2-7-28-16-6-5-15(21)17-18(16)23(10-29-30(25,26)27)9-13(19(17)24)12-4-3-11(22)8-14(12)20/h3-6,8-9H,2,7,10,22H2,1H3,(H2,25,26,27). The molecule has 0 amide bonds. The number of pyridine rings is 1. The van der Waals surface area contributed by atoms with Crippen LogP contribution in [0.1, 0.15) is 13.3 Å². The maximum absolute atomic E-state index is 14.7. The van der Waals surface area contributed by atoms with E-state index in [0.29, 0.717) is 18.7 Å². The minimum atomic E-state index is -4.85. The molecule has 0 saturated heterocycles. The van der Waals surface area contributed by atoms with Gasteiger partial charge in [-0.3, -0.25) is 9.32 Å². The van der Waals surface area contributed by atoms with E-state index in [1.165, 1.54) is 35.0 Å². The number of anilines is 1. The van der Waals surface area contributed by atoms with Crippen LogP contribution in [0.5, 0.6) is 5.75 Å². The van der Waals surface area contributed by atoms with Gasteiger partial charge < -0.3 is 24.8 Å². The van der Waals surface area contributed by atoms with Crippen LogP contribution in [-0.2, 0) is 15.8 Å². The molecule has 30 heavy (non-hydrogen) atoms. The number of aromatic nitrogens is 1. The van der Waals surface area contributed by atoms with Gasteiger partial charge in [-0.1, -0.05) is 24.6 Å². The third kappa shape index (κ3) is 4.66. The molecule has 0 aliphatic carbocycles. The van der Waals surface area contributed by atoms with Crippen molar-refractivity contribution in [3.8, 4) is 16.9 Å². The number of nitrogens with zero attached hydrogens (tertiary/aromatic N) is 1.